The summed E-state index contributed by atoms with van der Waals surface area (Å²) in [6.45, 7) is 9.52. The molecule has 0 aliphatic heterocycles. The van der Waals surface area contributed by atoms with E-state index in [9.17, 15) is 9.90 Å². The van der Waals surface area contributed by atoms with E-state index >= 15 is 0 Å². The number of unbranched alkanes of at least 4 members (excludes halogenated alkanes) is 3. The molecule has 0 spiro atoms. The highest BCUT2D eigenvalue weighted by atomic mass is 16.5. The summed E-state index contributed by atoms with van der Waals surface area (Å²) in [6.07, 6.45) is 10.6. The van der Waals surface area contributed by atoms with Gasteiger partial charge >= 0.3 is 0 Å². The minimum Gasteiger partial charge on any atom is -0.500 e. The van der Waals surface area contributed by atoms with Gasteiger partial charge in [-0.05, 0) is 58.2 Å². The molecule has 0 aliphatic rings. The number of rotatable bonds is 12. The van der Waals surface area contributed by atoms with Gasteiger partial charge in [-0.2, -0.15) is 0 Å². The van der Waals surface area contributed by atoms with Crippen LogP contribution in [0.5, 0.6) is 17.2 Å². The molecule has 2 aromatic rings. The molecule has 0 radical (unpaired) electrons. The number of aromatic nitrogens is 1. The van der Waals surface area contributed by atoms with Gasteiger partial charge in [0.2, 0.25) is 5.75 Å². The molecule has 0 unspecified atom stereocenters. The molecule has 0 atom stereocenters. The molecular weight excluding hydrogens is 390 g/mol. The fourth-order valence-electron chi connectivity index (χ4n) is 3.57. The number of hydrogen-bond acceptors (Lipinski definition) is 4. The van der Waals surface area contributed by atoms with E-state index in [1.54, 1.807) is 4.57 Å². The second-order valence-corrected chi connectivity index (χ2v) is 8.26. The molecule has 170 valence electrons. The van der Waals surface area contributed by atoms with Gasteiger partial charge in [0.1, 0.15) is 12.4 Å². The van der Waals surface area contributed by atoms with E-state index in [0.29, 0.717) is 24.3 Å². The van der Waals surface area contributed by atoms with Gasteiger partial charge in [0.25, 0.3) is 5.56 Å². The van der Waals surface area contributed by atoms with E-state index in [4.69, 9.17) is 9.47 Å². The zero-order valence-corrected chi connectivity index (χ0v) is 19.7. The summed E-state index contributed by atoms with van der Waals surface area (Å²) in [5.74, 6) is 0.566. The number of aryl methyl sites for hydroxylation is 1. The van der Waals surface area contributed by atoms with Gasteiger partial charge in [0.15, 0.2) is 5.75 Å². The Bertz CT molecular complexity index is 981. The van der Waals surface area contributed by atoms with E-state index < -0.39 is 5.56 Å². The molecule has 1 N–H and O–H groups in total. The molecule has 5 nitrogen and oxygen atoms in total. The van der Waals surface area contributed by atoms with Gasteiger partial charge < -0.3 is 19.1 Å². The Labute approximate surface area is 186 Å². The summed E-state index contributed by atoms with van der Waals surface area (Å²) in [5, 5.41) is 11.1. The summed E-state index contributed by atoms with van der Waals surface area (Å²) < 4.78 is 12.9. The first-order chi connectivity index (χ1) is 14.9. The number of allylic oxidation sites excluding steroid dienone is 3. The van der Waals surface area contributed by atoms with Crippen LogP contribution >= 0.6 is 0 Å². The predicted molar refractivity (Wildman–Crippen MR) is 128 cm³/mol. The largest absolute Gasteiger partial charge is 0.500 e. The van der Waals surface area contributed by atoms with Crippen molar-refractivity contribution in [2.45, 2.75) is 72.8 Å². The van der Waals surface area contributed by atoms with E-state index in [2.05, 4.69) is 39.8 Å². The number of fused-ring (bicyclic) bond motifs is 1. The number of ether oxygens (including phenoxy) is 2. The van der Waals surface area contributed by atoms with Gasteiger partial charge in [-0.1, -0.05) is 43.4 Å². The first-order valence-corrected chi connectivity index (χ1v) is 11.2. The van der Waals surface area contributed by atoms with E-state index in [1.807, 2.05) is 18.2 Å². The van der Waals surface area contributed by atoms with Crippen molar-refractivity contribution in [3.63, 3.8) is 0 Å². The summed E-state index contributed by atoms with van der Waals surface area (Å²) >= 11 is 0. The Morgan fingerprint density at radius 1 is 1.13 bits per heavy atom. The Morgan fingerprint density at radius 3 is 2.58 bits per heavy atom. The lowest BCUT2D eigenvalue weighted by Gasteiger charge is -2.15. The molecule has 1 aromatic carbocycles. The van der Waals surface area contributed by atoms with E-state index in [-0.39, 0.29) is 11.5 Å². The van der Waals surface area contributed by atoms with E-state index in [0.717, 1.165) is 44.0 Å². The highest BCUT2D eigenvalue weighted by Gasteiger charge is 2.17. The summed E-state index contributed by atoms with van der Waals surface area (Å²) in [5.41, 5.74) is 2.92. The van der Waals surface area contributed by atoms with Gasteiger partial charge in [-0.25, -0.2) is 0 Å². The molecule has 0 amide bonds. The standard InChI is InChI=1S/C26H37NO4/c1-6-7-8-9-16-27-23-18-21(31-17-15-20(4)12-10-11-19(2)3)13-14-22(23)25(30-5)24(28)26(27)29/h11,13-15,18,28H,6-10,12,16-17H2,1-5H3/b20-15+. The van der Waals surface area contributed by atoms with Crippen molar-refractivity contribution in [1.29, 1.82) is 0 Å². The van der Waals surface area contributed by atoms with Crippen molar-refractivity contribution in [3.05, 3.63) is 51.9 Å². The highest BCUT2D eigenvalue weighted by molar-refractivity contribution is 5.88. The molecule has 0 saturated heterocycles. The molecule has 0 saturated carbocycles. The van der Waals surface area contributed by atoms with Crippen LogP contribution in [-0.2, 0) is 6.54 Å². The minimum atomic E-state index is -0.423. The monoisotopic (exact) mass is 427 g/mol. The van der Waals surface area contributed by atoms with Crippen LogP contribution in [0.2, 0.25) is 0 Å². The van der Waals surface area contributed by atoms with Crippen LogP contribution in [0.3, 0.4) is 0 Å². The minimum absolute atomic E-state index is 0.214. The second kappa shape index (κ2) is 12.2. The van der Waals surface area contributed by atoms with Crippen LogP contribution in [0.25, 0.3) is 10.9 Å². The second-order valence-electron chi connectivity index (χ2n) is 8.26. The van der Waals surface area contributed by atoms with Crippen LogP contribution in [0.1, 0.15) is 66.2 Å². The Hall–Kier alpha value is -2.69. The maximum atomic E-state index is 12.8. The zero-order chi connectivity index (χ0) is 22.8. The van der Waals surface area contributed by atoms with E-state index in [1.165, 1.54) is 18.3 Å². The molecule has 1 aromatic heterocycles. The summed E-state index contributed by atoms with van der Waals surface area (Å²) in [6, 6.07) is 5.56. The molecular formula is C26H37NO4. The average molecular weight is 428 g/mol. The first-order valence-electron chi connectivity index (χ1n) is 11.2. The number of nitrogens with zero attached hydrogens (tertiary/aromatic N) is 1. The van der Waals surface area contributed by atoms with Crippen LogP contribution < -0.4 is 15.0 Å². The molecule has 5 heteroatoms. The van der Waals surface area contributed by atoms with Crippen LogP contribution in [0, 0.1) is 0 Å². The van der Waals surface area contributed by atoms with Crippen LogP contribution in [0.4, 0.5) is 0 Å². The average Bonchev–Trinajstić information content (AvgIpc) is 2.74. The van der Waals surface area contributed by atoms with Crippen LogP contribution in [0.15, 0.2) is 46.3 Å². The van der Waals surface area contributed by atoms with Crippen LogP contribution in [-0.4, -0.2) is 23.4 Å². The zero-order valence-electron chi connectivity index (χ0n) is 19.7. The smallest absolute Gasteiger partial charge is 0.297 e. The summed E-state index contributed by atoms with van der Waals surface area (Å²) in [7, 11) is 1.47. The van der Waals surface area contributed by atoms with Gasteiger partial charge in [0.05, 0.1) is 12.6 Å². The van der Waals surface area contributed by atoms with Crippen molar-refractivity contribution in [2.24, 2.45) is 0 Å². The lowest BCUT2D eigenvalue weighted by molar-refractivity contribution is 0.360. The molecule has 0 aliphatic carbocycles. The Kier molecular flexibility index (Phi) is 9.70. The molecule has 31 heavy (non-hydrogen) atoms. The van der Waals surface area contributed by atoms with Gasteiger partial charge in [-0.3, -0.25) is 4.79 Å². The molecule has 2 rings (SSSR count). The van der Waals surface area contributed by atoms with Gasteiger partial charge in [0, 0.05) is 18.0 Å². The quantitative estimate of drug-likeness (QED) is 0.316. The third-order valence-electron chi connectivity index (χ3n) is 5.38. The fraction of sp³-hybridized carbons (Fsp3) is 0.500. The third kappa shape index (κ3) is 6.91. The lowest BCUT2D eigenvalue weighted by atomic mass is 10.1. The van der Waals surface area contributed by atoms with Crippen molar-refractivity contribution in [1.82, 2.24) is 4.57 Å². The first kappa shape index (κ1) is 24.6. The fourth-order valence-corrected chi connectivity index (χ4v) is 3.57. The maximum Gasteiger partial charge on any atom is 0.297 e. The lowest BCUT2D eigenvalue weighted by Crippen LogP contribution is -2.21. The summed E-state index contributed by atoms with van der Waals surface area (Å²) in [4.78, 5) is 12.8. The number of benzene rings is 1. The number of methoxy groups -OCH3 is 1. The molecule has 1 heterocycles. The number of hydrogen-bond donors (Lipinski definition) is 1. The topological polar surface area (TPSA) is 60.7 Å². The predicted octanol–water partition coefficient (Wildman–Crippen LogP) is 6.37. The van der Waals surface area contributed by atoms with Gasteiger partial charge in [-0.15, -0.1) is 0 Å². The number of pyridine rings is 1. The normalized spacial score (nSPS) is 11.6. The third-order valence-corrected chi connectivity index (χ3v) is 5.38. The maximum absolute atomic E-state index is 12.8. The molecule has 0 fully saturated rings. The SMILES string of the molecule is CCCCCCn1c(=O)c(O)c(OC)c2ccc(OC/C=C(\C)CCC=C(C)C)cc21. The molecule has 0 bridgehead atoms. The Morgan fingerprint density at radius 2 is 1.90 bits per heavy atom. The van der Waals surface area contributed by atoms with Crippen molar-refractivity contribution in [2.75, 3.05) is 13.7 Å². The highest BCUT2D eigenvalue weighted by Crippen LogP contribution is 2.33. The Balaban J connectivity index is 2.25. The van der Waals surface area contributed by atoms with Crippen molar-refractivity contribution >= 4 is 10.9 Å². The number of aromatic hydroxyl groups is 1. The van der Waals surface area contributed by atoms with Crippen molar-refractivity contribution in [3.8, 4) is 17.2 Å². The van der Waals surface area contributed by atoms with Crippen molar-refractivity contribution < 1.29 is 14.6 Å².